The second-order valence-corrected chi connectivity index (χ2v) is 4.34. The van der Waals surface area contributed by atoms with Crippen molar-refractivity contribution in [2.75, 3.05) is 0 Å². The maximum Gasteiger partial charge on any atom is 0.0483 e. The number of hydrogen-bond acceptors (Lipinski definition) is 0. The highest BCUT2D eigenvalue weighted by molar-refractivity contribution is 5.79. The summed E-state index contributed by atoms with van der Waals surface area (Å²) in [5.74, 6) is 0. The number of hydrogen-bond donors (Lipinski definition) is 0. The molecule has 0 unspecified atom stereocenters. The van der Waals surface area contributed by atoms with E-state index in [1.807, 2.05) is 0 Å². The van der Waals surface area contributed by atoms with Crippen molar-refractivity contribution in [1.29, 1.82) is 0 Å². The van der Waals surface area contributed by atoms with Crippen LogP contribution in [0, 0.1) is 0 Å². The van der Waals surface area contributed by atoms with E-state index in [-0.39, 0.29) is 0 Å². The van der Waals surface area contributed by atoms with Gasteiger partial charge in [0.15, 0.2) is 0 Å². The summed E-state index contributed by atoms with van der Waals surface area (Å²) in [7, 11) is 0. The van der Waals surface area contributed by atoms with E-state index in [9.17, 15) is 0 Å². The predicted octanol–water partition coefficient (Wildman–Crippen LogP) is 4.39. The van der Waals surface area contributed by atoms with Crippen LogP contribution in [0.15, 0.2) is 48.2 Å². The van der Waals surface area contributed by atoms with Crippen LogP contribution in [-0.4, -0.2) is 4.57 Å². The van der Waals surface area contributed by atoms with Crippen molar-refractivity contribution in [2.24, 2.45) is 0 Å². The van der Waals surface area contributed by atoms with E-state index in [1.165, 1.54) is 29.3 Å². The largest absolute Gasteiger partial charge is 0.343 e. The molecule has 0 radical (unpaired) electrons. The zero-order valence-corrected chi connectivity index (χ0v) is 10.1. The van der Waals surface area contributed by atoms with E-state index in [0.717, 1.165) is 6.54 Å². The summed E-state index contributed by atoms with van der Waals surface area (Å²) in [5, 5.41) is 1.32. The van der Waals surface area contributed by atoms with Gasteiger partial charge in [-0.25, -0.2) is 0 Å². The Kier molecular flexibility index (Phi) is 3.45. The minimum atomic E-state index is 1.01. The summed E-state index contributed by atoms with van der Waals surface area (Å²) in [6.07, 6.45) is 6.93. The van der Waals surface area contributed by atoms with Crippen molar-refractivity contribution in [3.8, 4) is 0 Å². The van der Waals surface area contributed by atoms with Crippen molar-refractivity contribution in [3.05, 3.63) is 48.2 Å². The van der Waals surface area contributed by atoms with Gasteiger partial charge in [-0.3, -0.25) is 0 Å². The van der Waals surface area contributed by atoms with Gasteiger partial charge in [-0.2, -0.15) is 0 Å². The molecule has 2 rings (SSSR count). The monoisotopic (exact) mass is 213 g/mol. The maximum absolute atomic E-state index is 2.34. The third-order valence-electron chi connectivity index (χ3n) is 2.88. The molecule has 1 aromatic carbocycles. The molecule has 84 valence electrons. The number of para-hydroxylation sites is 1. The van der Waals surface area contributed by atoms with Gasteiger partial charge >= 0.3 is 0 Å². The topological polar surface area (TPSA) is 4.93 Å². The van der Waals surface area contributed by atoms with Crippen LogP contribution in [0.4, 0.5) is 0 Å². The van der Waals surface area contributed by atoms with Gasteiger partial charge in [-0.15, -0.1) is 0 Å². The zero-order valence-electron chi connectivity index (χ0n) is 10.1. The number of allylic oxidation sites excluding steroid dienone is 2. The van der Waals surface area contributed by atoms with Gasteiger partial charge in [0, 0.05) is 18.3 Å². The first-order valence-corrected chi connectivity index (χ1v) is 6.00. The minimum Gasteiger partial charge on any atom is -0.343 e. The first kappa shape index (κ1) is 11.0. The molecule has 16 heavy (non-hydrogen) atoms. The average Bonchev–Trinajstić information content (AvgIpc) is 2.70. The third-order valence-corrected chi connectivity index (χ3v) is 2.88. The summed E-state index contributed by atoms with van der Waals surface area (Å²) < 4.78 is 2.32. The van der Waals surface area contributed by atoms with Crippen LogP contribution in [0.2, 0.25) is 0 Å². The molecule has 1 heterocycles. The van der Waals surface area contributed by atoms with Gasteiger partial charge in [0.05, 0.1) is 0 Å². The fraction of sp³-hybridized carbons (Fsp3) is 0.333. The van der Waals surface area contributed by atoms with Crippen molar-refractivity contribution < 1.29 is 0 Å². The molecule has 0 aliphatic carbocycles. The van der Waals surface area contributed by atoms with Gasteiger partial charge < -0.3 is 4.57 Å². The molecule has 0 amide bonds. The van der Waals surface area contributed by atoms with Crippen molar-refractivity contribution in [1.82, 2.24) is 4.57 Å². The molecule has 1 nitrogen and oxygen atoms in total. The average molecular weight is 213 g/mol. The smallest absolute Gasteiger partial charge is 0.0483 e. The standard InChI is InChI=1S/C15H19N/c1-3-4-7-13(2)12-16-11-10-14-8-5-6-9-15(14)16/h5-11H,3-4,12H2,1-2H3. The van der Waals surface area contributed by atoms with Crippen LogP contribution in [0.3, 0.4) is 0 Å². The highest BCUT2D eigenvalue weighted by Crippen LogP contribution is 2.16. The van der Waals surface area contributed by atoms with Crippen molar-refractivity contribution in [3.63, 3.8) is 0 Å². The Labute approximate surface area is 97.4 Å². The molecule has 1 heteroatoms. The van der Waals surface area contributed by atoms with E-state index in [0.29, 0.717) is 0 Å². The first-order valence-electron chi connectivity index (χ1n) is 6.00. The van der Waals surface area contributed by atoms with E-state index in [1.54, 1.807) is 0 Å². The highest BCUT2D eigenvalue weighted by Gasteiger charge is 1.99. The molecule has 0 N–H and O–H groups in total. The normalized spacial score (nSPS) is 12.2. The zero-order chi connectivity index (χ0) is 11.4. The second-order valence-electron chi connectivity index (χ2n) is 4.34. The first-order chi connectivity index (χ1) is 7.81. The number of aromatic nitrogens is 1. The fourth-order valence-corrected chi connectivity index (χ4v) is 2.00. The number of benzene rings is 1. The summed E-state index contributed by atoms with van der Waals surface area (Å²) in [5.41, 5.74) is 2.77. The molecule has 0 atom stereocenters. The lowest BCUT2D eigenvalue weighted by Crippen LogP contribution is -1.96. The maximum atomic E-state index is 2.34. The second kappa shape index (κ2) is 5.02. The molecule has 0 spiro atoms. The van der Waals surface area contributed by atoms with Gasteiger partial charge in [0.1, 0.15) is 0 Å². The molecule has 2 aromatic rings. The van der Waals surface area contributed by atoms with E-state index >= 15 is 0 Å². The summed E-state index contributed by atoms with van der Waals surface area (Å²) in [6, 6.07) is 10.7. The van der Waals surface area contributed by atoms with Crippen LogP contribution in [0.1, 0.15) is 26.7 Å². The molecule has 0 bridgehead atoms. The Morgan fingerprint density at radius 3 is 2.88 bits per heavy atom. The van der Waals surface area contributed by atoms with Gasteiger partial charge in [0.2, 0.25) is 0 Å². The molecule has 0 aliphatic heterocycles. The highest BCUT2D eigenvalue weighted by atomic mass is 14.9. The van der Waals surface area contributed by atoms with Gasteiger partial charge in [-0.05, 0) is 30.9 Å². The van der Waals surface area contributed by atoms with Crippen LogP contribution >= 0.6 is 0 Å². The number of unbranched alkanes of at least 4 members (excludes halogenated alkanes) is 1. The van der Waals surface area contributed by atoms with Crippen LogP contribution in [0.25, 0.3) is 10.9 Å². The summed E-state index contributed by atoms with van der Waals surface area (Å²) in [6.45, 7) is 5.44. The Hall–Kier alpha value is -1.50. The predicted molar refractivity (Wildman–Crippen MR) is 70.6 cm³/mol. The van der Waals surface area contributed by atoms with Crippen LogP contribution in [-0.2, 0) is 6.54 Å². The van der Waals surface area contributed by atoms with Crippen LogP contribution < -0.4 is 0 Å². The molecular formula is C15H19N. The Balaban J connectivity index is 2.21. The molecule has 1 aromatic heterocycles. The molecule has 0 aliphatic rings. The van der Waals surface area contributed by atoms with Gasteiger partial charge in [-0.1, -0.05) is 43.2 Å². The van der Waals surface area contributed by atoms with Crippen LogP contribution in [0.5, 0.6) is 0 Å². The summed E-state index contributed by atoms with van der Waals surface area (Å²) >= 11 is 0. The van der Waals surface area contributed by atoms with E-state index in [4.69, 9.17) is 0 Å². The van der Waals surface area contributed by atoms with Crippen molar-refractivity contribution in [2.45, 2.75) is 33.2 Å². The molecule has 0 fully saturated rings. The van der Waals surface area contributed by atoms with Crippen molar-refractivity contribution >= 4 is 10.9 Å². The lowest BCUT2D eigenvalue weighted by Gasteiger charge is -2.05. The SMILES string of the molecule is CCCC=C(C)Cn1ccc2ccccc21. The van der Waals surface area contributed by atoms with E-state index in [2.05, 4.69) is 61.0 Å². The number of nitrogens with zero attached hydrogens (tertiary/aromatic N) is 1. The molecule has 0 saturated carbocycles. The molecular weight excluding hydrogens is 194 g/mol. The van der Waals surface area contributed by atoms with Gasteiger partial charge in [0.25, 0.3) is 0 Å². The Morgan fingerprint density at radius 1 is 1.25 bits per heavy atom. The quantitative estimate of drug-likeness (QED) is 0.664. The lowest BCUT2D eigenvalue weighted by atomic mass is 10.2. The minimum absolute atomic E-state index is 1.01. The Bertz CT molecular complexity index is 491. The molecule has 0 saturated heterocycles. The summed E-state index contributed by atoms with van der Waals surface area (Å²) in [4.78, 5) is 0. The number of rotatable bonds is 4. The third kappa shape index (κ3) is 2.35. The number of fused-ring (bicyclic) bond motifs is 1. The van der Waals surface area contributed by atoms with E-state index < -0.39 is 0 Å². The lowest BCUT2D eigenvalue weighted by molar-refractivity contribution is 0.806. The fourth-order valence-electron chi connectivity index (χ4n) is 2.00. The Morgan fingerprint density at radius 2 is 2.06 bits per heavy atom.